The number of nitrogens with zero attached hydrogens (tertiary/aromatic N) is 2. The maximum Gasteiger partial charge on any atom is 0.247 e. The zero-order chi connectivity index (χ0) is 38.1. The minimum Gasteiger partial charge on any atom is -0.354 e. The highest BCUT2D eigenvalue weighted by molar-refractivity contribution is 6.07. The van der Waals surface area contributed by atoms with E-state index in [-0.39, 0.29) is 43.0 Å². The molecule has 1 saturated heterocycles. The first-order valence-corrected chi connectivity index (χ1v) is 18.9. The van der Waals surface area contributed by atoms with Gasteiger partial charge in [-0.3, -0.25) is 19.2 Å². The molecule has 1 aliphatic heterocycles. The van der Waals surface area contributed by atoms with E-state index in [1.165, 1.54) is 0 Å². The lowest BCUT2D eigenvalue weighted by Crippen LogP contribution is -2.43. The van der Waals surface area contributed by atoms with Crippen molar-refractivity contribution in [1.82, 2.24) is 14.8 Å². The lowest BCUT2D eigenvalue weighted by Gasteiger charge is -2.24. The van der Waals surface area contributed by atoms with E-state index in [9.17, 15) is 19.2 Å². The Bertz CT molecular complexity index is 2270. The van der Waals surface area contributed by atoms with Crippen molar-refractivity contribution in [2.75, 3.05) is 30.3 Å². The largest absolute Gasteiger partial charge is 0.354 e. The second kappa shape index (κ2) is 17.1. The zero-order valence-electron chi connectivity index (χ0n) is 31.0. The number of carbonyl (C=O) groups is 4. The summed E-state index contributed by atoms with van der Waals surface area (Å²) in [4.78, 5) is 60.0. The lowest BCUT2D eigenvalue weighted by atomic mass is 9.98. The van der Waals surface area contributed by atoms with Crippen LogP contribution in [0.4, 0.5) is 11.4 Å². The highest BCUT2D eigenvalue weighted by atomic mass is 16.2. The number of fused-ring (bicyclic) bond motifs is 1. The van der Waals surface area contributed by atoms with Gasteiger partial charge in [-0.1, -0.05) is 110 Å². The minimum absolute atomic E-state index is 0.0247. The van der Waals surface area contributed by atoms with Crippen molar-refractivity contribution in [3.63, 3.8) is 0 Å². The Labute approximate surface area is 321 Å². The summed E-state index contributed by atoms with van der Waals surface area (Å²) >= 11 is 0. The molecule has 7 rings (SSSR count). The van der Waals surface area contributed by atoms with Gasteiger partial charge in [-0.05, 0) is 71.8 Å². The van der Waals surface area contributed by atoms with Gasteiger partial charge in [-0.25, -0.2) is 0 Å². The summed E-state index contributed by atoms with van der Waals surface area (Å²) in [6.07, 6.45) is 2.67. The first kappa shape index (κ1) is 36.9. The second-order valence-corrected chi connectivity index (χ2v) is 14.0. The van der Waals surface area contributed by atoms with Crippen LogP contribution in [0.1, 0.15) is 37.3 Å². The van der Waals surface area contributed by atoms with E-state index >= 15 is 0 Å². The molecule has 55 heavy (non-hydrogen) atoms. The van der Waals surface area contributed by atoms with Crippen molar-refractivity contribution < 1.29 is 19.2 Å². The normalized spacial score (nSPS) is 13.8. The lowest BCUT2D eigenvalue weighted by molar-refractivity contribution is -0.136. The third-order valence-electron chi connectivity index (χ3n) is 10.0. The van der Waals surface area contributed by atoms with Crippen LogP contribution >= 0.6 is 0 Å². The van der Waals surface area contributed by atoms with E-state index in [4.69, 9.17) is 0 Å². The fourth-order valence-electron chi connectivity index (χ4n) is 7.36. The molecule has 0 bridgehead atoms. The molecule has 0 saturated carbocycles. The summed E-state index contributed by atoms with van der Waals surface area (Å²) in [6.45, 7) is 3.03. The Balaban J connectivity index is 1.08. The Morgan fingerprint density at radius 1 is 0.727 bits per heavy atom. The first-order chi connectivity index (χ1) is 26.9. The molecule has 4 amide bonds. The molecule has 1 fully saturated rings. The molecule has 0 radical (unpaired) electrons. The van der Waals surface area contributed by atoms with E-state index in [0.717, 1.165) is 57.3 Å². The van der Waals surface area contributed by atoms with E-state index in [2.05, 4.69) is 27.8 Å². The molecule has 0 aliphatic carbocycles. The van der Waals surface area contributed by atoms with Gasteiger partial charge in [0.1, 0.15) is 6.04 Å². The predicted molar refractivity (Wildman–Crippen MR) is 218 cm³/mol. The van der Waals surface area contributed by atoms with Crippen LogP contribution in [-0.2, 0) is 32.0 Å². The molecule has 9 heteroatoms. The maximum atomic E-state index is 13.6. The minimum atomic E-state index is -0.522. The summed E-state index contributed by atoms with van der Waals surface area (Å²) in [6, 6.07) is 42.2. The Morgan fingerprint density at radius 3 is 2.04 bits per heavy atom. The summed E-state index contributed by atoms with van der Waals surface area (Å²) < 4.78 is 0. The second-order valence-electron chi connectivity index (χ2n) is 14.0. The maximum absolute atomic E-state index is 13.6. The van der Waals surface area contributed by atoms with Crippen molar-refractivity contribution in [2.24, 2.45) is 0 Å². The van der Waals surface area contributed by atoms with Crippen molar-refractivity contribution in [1.29, 1.82) is 0 Å². The van der Waals surface area contributed by atoms with Crippen LogP contribution in [-0.4, -0.2) is 64.1 Å². The number of amides is 4. The molecule has 278 valence electrons. The van der Waals surface area contributed by atoms with Gasteiger partial charge in [0.05, 0.1) is 25.1 Å². The molecular formula is C46H45N5O4. The Kier molecular flexibility index (Phi) is 11.5. The van der Waals surface area contributed by atoms with Gasteiger partial charge in [0.25, 0.3) is 0 Å². The van der Waals surface area contributed by atoms with Gasteiger partial charge in [0.2, 0.25) is 23.6 Å². The van der Waals surface area contributed by atoms with Crippen LogP contribution in [0.25, 0.3) is 33.3 Å². The fraction of sp³-hybridized carbons (Fsp3) is 0.217. The number of likely N-dealkylation sites (tertiary alicyclic amines) is 1. The van der Waals surface area contributed by atoms with Crippen LogP contribution in [0.2, 0.25) is 0 Å². The smallest absolute Gasteiger partial charge is 0.247 e. The Morgan fingerprint density at radius 2 is 1.36 bits per heavy atom. The molecular weight excluding hydrogens is 687 g/mol. The van der Waals surface area contributed by atoms with Gasteiger partial charge in [0, 0.05) is 40.9 Å². The van der Waals surface area contributed by atoms with Gasteiger partial charge in [0.15, 0.2) is 0 Å². The first-order valence-electron chi connectivity index (χ1n) is 18.9. The molecule has 1 aromatic heterocycles. The molecule has 5 aromatic carbocycles. The van der Waals surface area contributed by atoms with E-state index < -0.39 is 6.04 Å². The van der Waals surface area contributed by atoms with Crippen molar-refractivity contribution in [3.8, 4) is 22.4 Å². The number of aromatic amines is 1. The number of hydrogen-bond donors (Lipinski definition) is 3. The summed E-state index contributed by atoms with van der Waals surface area (Å²) in [5, 5.41) is 7.01. The zero-order valence-corrected chi connectivity index (χ0v) is 31.0. The fourth-order valence-corrected chi connectivity index (χ4v) is 7.36. The standard InChI is InChI=1S/C46H45N5O4/c1-2-26-50(42(53)28-32-13-6-3-7-14-32)31-41(52)47-36-22-20-35(21-23-36)45-44(34-17-10-5-11-18-34)38-30-37(24-25-39(38)49-45)48-46(55)40-19-12-27-51(40)43(54)29-33-15-8-4-9-16-33/h3-11,13-18,20-25,30,40,49H,2,12,19,26-29,31H2,1H3,(H,47,52)(H,48,55)/t40-/m0/s1. The topological polar surface area (TPSA) is 115 Å². The quantitative estimate of drug-likeness (QED) is 0.111. The number of benzene rings is 5. The van der Waals surface area contributed by atoms with Crippen molar-refractivity contribution >= 4 is 45.9 Å². The number of rotatable bonds is 13. The number of aromatic nitrogens is 1. The highest BCUT2D eigenvalue weighted by Gasteiger charge is 2.34. The van der Waals surface area contributed by atoms with Crippen LogP contribution in [0.3, 0.4) is 0 Å². The van der Waals surface area contributed by atoms with Gasteiger partial charge in [-0.2, -0.15) is 0 Å². The van der Waals surface area contributed by atoms with Crippen LogP contribution in [0.15, 0.2) is 133 Å². The molecule has 2 heterocycles. The molecule has 9 nitrogen and oxygen atoms in total. The van der Waals surface area contributed by atoms with E-state index in [0.29, 0.717) is 30.9 Å². The predicted octanol–water partition coefficient (Wildman–Crippen LogP) is 8.09. The van der Waals surface area contributed by atoms with Gasteiger partial charge < -0.3 is 25.4 Å². The third kappa shape index (κ3) is 8.84. The molecule has 0 spiro atoms. The SMILES string of the molecule is CCCN(CC(=O)Nc1ccc(-c2[nH]c3ccc(NC(=O)[C@@H]4CCCN4C(=O)Cc4ccccc4)cc3c2-c2ccccc2)cc1)C(=O)Cc1ccccc1. The number of hydrogen-bond acceptors (Lipinski definition) is 4. The average Bonchev–Trinajstić information content (AvgIpc) is 3.85. The summed E-state index contributed by atoms with van der Waals surface area (Å²) in [7, 11) is 0. The summed E-state index contributed by atoms with van der Waals surface area (Å²) in [5.41, 5.74) is 7.85. The van der Waals surface area contributed by atoms with Crippen LogP contribution in [0, 0.1) is 0 Å². The number of anilines is 2. The Hall–Kier alpha value is -6.48. The highest BCUT2D eigenvalue weighted by Crippen LogP contribution is 2.39. The molecule has 3 N–H and O–H groups in total. The summed E-state index contributed by atoms with van der Waals surface area (Å²) in [5.74, 6) is -0.567. The van der Waals surface area contributed by atoms with Gasteiger partial charge >= 0.3 is 0 Å². The molecule has 1 aliphatic rings. The monoisotopic (exact) mass is 731 g/mol. The number of carbonyl (C=O) groups excluding carboxylic acids is 4. The van der Waals surface area contributed by atoms with Gasteiger partial charge in [-0.15, -0.1) is 0 Å². The third-order valence-corrected chi connectivity index (χ3v) is 10.0. The average molecular weight is 732 g/mol. The number of H-pyrrole nitrogens is 1. The molecule has 1 atom stereocenters. The van der Waals surface area contributed by atoms with E-state index in [1.54, 1.807) is 9.80 Å². The van der Waals surface area contributed by atoms with Crippen molar-refractivity contribution in [2.45, 2.75) is 45.1 Å². The van der Waals surface area contributed by atoms with Crippen molar-refractivity contribution in [3.05, 3.63) is 145 Å². The van der Waals surface area contributed by atoms with Crippen LogP contribution in [0.5, 0.6) is 0 Å². The molecule has 0 unspecified atom stereocenters. The number of nitrogens with one attached hydrogen (secondary N) is 3. The van der Waals surface area contributed by atoms with E-state index in [1.807, 2.05) is 128 Å². The molecule has 6 aromatic rings. The van der Waals surface area contributed by atoms with Crippen LogP contribution < -0.4 is 10.6 Å².